The fraction of sp³-hybridized carbons (Fsp3) is 0.400. The lowest BCUT2D eigenvalue weighted by molar-refractivity contribution is 0.477. The number of hydrogen-bond donors (Lipinski definition) is 2. The van der Waals surface area contributed by atoms with Crippen molar-refractivity contribution in [2.75, 3.05) is 13.2 Å². The molecule has 0 saturated heterocycles. The van der Waals surface area contributed by atoms with E-state index in [1.54, 1.807) is 12.1 Å². The molecule has 92 valence electrons. The molecule has 0 amide bonds. The van der Waals surface area contributed by atoms with Gasteiger partial charge in [0.25, 0.3) is 10.1 Å². The Bertz CT molecular complexity index is 387. The number of rotatable bonds is 3. The summed E-state index contributed by atoms with van der Waals surface area (Å²) < 4.78 is 40.5. The van der Waals surface area contributed by atoms with Gasteiger partial charge < -0.3 is 5.73 Å². The normalized spacial score (nSPS) is 10.5. The molecule has 0 aliphatic heterocycles. The Morgan fingerprint density at radius 2 is 1.81 bits per heavy atom. The van der Waals surface area contributed by atoms with Gasteiger partial charge in [0.05, 0.1) is 11.6 Å². The van der Waals surface area contributed by atoms with Gasteiger partial charge in [-0.1, -0.05) is 17.7 Å². The Morgan fingerprint density at radius 3 is 2.06 bits per heavy atom. The highest BCUT2D eigenvalue weighted by Crippen LogP contribution is 2.08. The lowest BCUT2D eigenvalue weighted by Crippen LogP contribution is -1.97. The Balaban J connectivity index is 0.000000385. The number of nitrogens with two attached hydrogens (primary N) is 1. The molecule has 1 aromatic rings. The Hall–Kier alpha value is -0.980. The first-order chi connectivity index (χ1) is 7.41. The Morgan fingerprint density at radius 1 is 1.31 bits per heavy atom. The van der Waals surface area contributed by atoms with Crippen molar-refractivity contribution in [2.24, 2.45) is 5.73 Å². The SMILES string of the molecule is Cc1ccc(S(=O)(=O)O)cc1.NCCCF. The molecular formula is C10H16FNO3S. The van der Waals surface area contributed by atoms with Crippen LogP contribution in [0.15, 0.2) is 29.2 Å². The van der Waals surface area contributed by atoms with Crippen LogP contribution in [0.2, 0.25) is 0 Å². The van der Waals surface area contributed by atoms with E-state index in [9.17, 15) is 12.8 Å². The molecule has 3 N–H and O–H groups in total. The quantitative estimate of drug-likeness (QED) is 0.796. The molecule has 0 saturated carbocycles. The van der Waals surface area contributed by atoms with Gasteiger partial charge in [0.2, 0.25) is 0 Å². The minimum absolute atomic E-state index is 0.0666. The molecule has 0 atom stereocenters. The van der Waals surface area contributed by atoms with Crippen LogP contribution in [0.5, 0.6) is 0 Å². The molecule has 16 heavy (non-hydrogen) atoms. The lowest BCUT2D eigenvalue weighted by atomic mass is 10.2. The van der Waals surface area contributed by atoms with Crippen LogP contribution in [0.4, 0.5) is 4.39 Å². The predicted octanol–water partition coefficient (Wildman–Crippen LogP) is 1.55. The third-order valence-corrected chi connectivity index (χ3v) is 2.52. The van der Waals surface area contributed by atoms with Crippen LogP contribution in [0, 0.1) is 6.92 Å². The van der Waals surface area contributed by atoms with Crippen LogP contribution in [0.1, 0.15) is 12.0 Å². The van der Waals surface area contributed by atoms with Crippen molar-refractivity contribution in [3.63, 3.8) is 0 Å². The second-order valence-corrected chi connectivity index (χ2v) is 4.54. The molecule has 0 aliphatic carbocycles. The molecule has 0 fully saturated rings. The number of hydrogen-bond acceptors (Lipinski definition) is 3. The van der Waals surface area contributed by atoms with E-state index >= 15 is 0 Å². The number of halogens is 1. The van der Waals surface area contributed by atoms with Gasteiger partial charge in [0.15, 0.2) is 0 Å². The molecule has 0 aliphatic rings. The zero-order valence-electron chi connectivity index (χ0n) is 9.06. The second kappa shape index (κ2) is 7.32. The maximum absolute atomic E-state index is 10.9. The topological polar surface area (TPSA) is 80.4 Å². The summed E-state index contributed by atoms with van der Waals surface area (Å²) >= 11 is 0. The monoisotopic (exact) mass is 249 g/mol. The minimum atomic E-state index is -4.02. The largest absolute Gasteiger partial charge is 0.330 e. The van der Waals surface area contributed by atoms with Gasteiger partial charge in [-0.15, -0.1) is 0 Å². The molecule has 0 spiro atoms. The smallest absolute Gasteiger partial charge is 0.294 e. The van der Waals surface area contributed by atoms with Crippen LogP contribution >= 0.6 is 0 Å². The number of benzene rings is 1. The zero-order valence-corrected chi connectivity index (χ0v) is 9.87. The lowest BCUT2D eigenvalue weighted by Gasteiger charge is -1.95. The van der Waals surface area contributed by atoms with E-state index in [0.717, 1.165) is 5.56 Å². The molecule has 0 aromatic heterocycles. The molecule has 1 rings (SSSR count). The Kier molecular flexibility index (Phi) is 6.87. The van der Waals surface area contributed by atoms with Gasteiger partial charge in [-0.05, 0) is 32.0 Å². The fourth-order valence-electron chi connectivity index (χ4n) is 0.787. The number of alkyl halides is 1. The highest BCUT2D eigenvalue weighted by atomic mass is 32.2. The van der Waals surface area contributed by atoms with Crippen LogP contribution < -0.4 is 5.73 Å². The Labute approximate surface area is 95.0 Å². The summed E-state index contributed by atoms with van der Waals surface area (Å²) in [5.41, 5.74) is 5.85. The van der Waals surface area contributed by atoms with Gasteiger partial charge in [0.1, 0.15) is 0 Å². The summed E-state index contributed by atoms with van der Waals surface area (Å²) in [6, 6.07) is 5.99. The summed E-state index contributed by atoms with van der Waals surface area (Å²) in [7, 11) is -4.02. The van der Waals surface area contributed by atoms with Crippen LogP contribution in [-0.2, 0) is 10.1 Å². The number of aryl methyl sites for hydroxylation is 1. The van der Waals surface area contributed by atoms with Crippen LogP contribution in [0.25, 0.3) is 0 Å². The fourth-order valence-corrected chi connectivity index (χ4v) is 1.27. The summed E-state index contributed by atoms with van der Waals surface area (Å²) in [4.78, 5) is -0.0666. The second-order valence-electron chi connectivity index (χ2n) is 3.12. The van der Waals surface area contributed by atoms with E-state index in [-0.39, 0.29) is 11.6 Å². The molecule has 6 heteroatoms. The molecule has 1 aromatic carbocycles. The van der Waals surface area contributed by atoms with E-state index in [0.29, 0.717) is 13.0 Å². The molecule has 0 radical (unpaired) electrons. The molecule has 0 heterocycles. The van der Waals surface area contributed by atoms with Crippen molar-refractivity contribution in [2.45, 2.75) is 18.2 Å². The van der Waals surface area contributed by atoms with Crippen molar-refractivity contribution in [3.05, 3.63) is 29.8 Å². The zero-order chi connectivity index (χ0) is 12.6. The van der Waals surface area contributed by atoms with Crippen molar-refractivity contribution >= 4 is 10.1 Å². The summed E-state index contributed by atoms with van der Waals surface area (Å²) in [6.07, 6.45) is 0.500. The summed E-state index contributed by atoms with van der Waals surface area (Å²) in [6.45, 7) is 2.03. The molecule has 0 bridgehead atoms. The van der Waals surface area contributed by atoms with E-state index in [1.807, 2.05) is 6.92 Å². The van der Waals surface area contributed by atoms with Gasteiger partial charge in [-0.2, -0.15) is 8.42 Å². The maximum atomic E-state index is 10.9. The average molecular weight is 249 g/mol. The van der Waals surface area contributed by atoms with Gasteiger partial charge in [-0.3, -0.25) is 8.94 Å². The maximum Gasteiger partial charge on any atom is 0.294 e. The molecular weight excluding hydrogens is 233 g/mol. The van der Waals surface area contributed by atoms with Crippen LogP contribution in [0.3, 0.4) is 0 Å². The van der Waals surface area contributed by atoms with Crippen molar-refractivity contribution < 1.29 is 17.4 Å². The first kappa shape index (κ1) is 15.0. The highest BCUT2D eigenvalue weighted by molar-refractivity contribution is 7.85. The molecule has 0 unspecified atom stereocenters. The van der Waals surface area contributed by atoms with Crippen molar-refractivity contribution in [3.8, 4) is 0 Å². The van der Waals surface area contributed by atoms with E-state index in [2.05, 4.69) is 0 Å². The van der Waals surface area contributed by atoms with Gasteiger partial charge in [0, 0.05) is 0 Å². The van der Waals surface area contributed by atoms with E-state index in [4.69, 9.17) is 10.3 Å². The summed E-state index contributed by atoms with van der Waals surface area (Å²) in [5, 5.41) is 0. The van der Waals surface area contributed by atoms with Gasteiger partial charge >= 0.3 is 0 Å². The third kappa shape index (κ3) is 6.49. The standard InChI is InChI=1S/C7H8O3S.C3H8FN/c1-6-2-4-7(5-3-6)11(8,9)10;4-2-1-3-5/h2-5H,1H3,(H,8,9,10);1-3,5H2. The van der Waals surface area contributed by atoms with Crippen LogP contribution in [-0.4, -0.2) is 26.2 Å². The summed E-state index contributed by atoms with van der Waals surface area (Å²) in [5.74, 6) is 0. The first-order valence-electron chi connectivity index (χ1n) is 4.72. The first-order valence-corrected chi connectivity index (χ1v) is 6.16. The average Bonchev–Trinajstić information content (AvgIpc) is 2.19. The third-order valence-electron chi connectivity index (χ3n) is 1.66. The van der Waals surface area contributed by atoms with Crippen molar-refractivity contribution in [1.29, 1.82) is 0 Å². The predicted molar refractivity (Wildman–Crippen MR) is 60.6 cm³/mol. The van der Waals surface area contributed by atoms with E-state index < -0.39 is 10.1 Å². The minimum Gasteiger partial charge on any atom is -0.330 e. The van der Waals surface area contributed by atoms with Crippen molar-refractivity contribution in [1.82, 2.24) is 0 Å². The highest BCUT2D eigenvalue weighted by Gasteiger charge is 2.06. The van der Waals surface area contributed by atoms with Gasteiger partial charge in [-0.25, -0.2) is 0 Å². The molecule has 4 nitrogen and oxygen atoms in total. The van der Waals surface area contributed by atoms with E-state index in [1.165, 1.54) is 12.1 Å².